The first-order chi connectivity index (χ1) is 21.9. The van der Waals surface area contributed by atoms with E-state index >= 15 is 0 Å². The van der Waals surface area contributed by atoms with Crippen molar-refractivity contribution in [3.8, 4) is 22.3 Å². The van der Waals surface area contributed by atoms with Gasteiger partial charge in [0.1, 0.15) is 0 Å². The number of aromatic nitrogens is 2. The molecule has 0 unspecified atom stereocenters. The van der Waals surface area contributed by atoms with Crippen LogP contribution in [0.3, 0.4) is 0 Å². The summed E-state index contributed by atoms with van der Waals surface area (Å²) in [5.74, 6) is 0. The van der Waals surface area contributed by atoms with Crippen LogP contribution >= 0.6 is 0 Å². The molecule has 2 aromatic heterocycles. The monoisotopic (exact) mass is 579 g/mol. The van der Waals surface area contributed by atoms with Gasteiger partial charge in [0.05, 0.1) is 5.69 Å². The van der Waals surface area contributed by atoms with Crippen LogP contribution in [0.4, 0.5) is 17.1 Å². The minimum absolute atomic E-state index is 1.13. The molecule has 0 fully saturated rings. The molecule has 0 spiro atoms. The summed E-state index contributed by atoms with van der Waals surface area (Å²) < 4.78 is 0. The fourth-order valence-electron chi connectivity index (χ4n) is 6.97. The van der Waals surface area contributed by atoms with Gasteiger partial charge in [-0.2, -0.15) is 0 Å². The van der Waals surface area contributed by atoms with E-state index in [0.29, 0.717) is 0 Å². The molecule has 0 radical (unpaired) electrons. The normalized spacial score (nSPS) is 13.1. The number of fused-ring (bicyclic) bond motifs is 2. The first-order valence-corrected chi connectivity index (χ1v) is 16.9. The highest BCUT2D eigenvalue weighted by atomic mass is 28.3. The SMILES string of the molecule is c1ccc([Si]2(c3ccccc3)c3ccccc3N(c3c(-c4ccncc4)cccc3-c3ccncc3)c3ccccc32)cc1. The van der Waals surface area contributed by atoms with Crippen LogP contribution in [0, 0.1) is 0 Å². The summed E-state index contributed by atoms with van der Waals surface area (Å²) in [5.41, 5.74) is 8.13. The first-order valence-electron chi connectivity index (χ1n) is 14.9. The molecule has 0 amide bonds. The number of benzene rings is 5. The Kier molecular flexibility index (Phi) is 6.47. The number of nitrogens with zero attached hydrogens (tertiary/aromatic N) is 3. The molecule has 5 aromatic carbocycles. The summed E-state index contributed by atoms with van der Waals surface area (Å²) >= 11 is 0. The Hall–Kier alpha value is -5.58. The van der Waals surface area contributed by atoms with Crippen LogP contribution < -0.4 is 25.6 Å². The Labute approximate surface area is 258 Å². The summed E-state index contributed by atoms with van der Waals surface area (Å²) in [7, 11) is -2.71. The average molecular weight is 580 g/mol. The van der Waals surface area contributed by atoms with Crippen LogP contribution in [0.15, 0.2) is 176 Å². The third kappa shape index (κ3) is 4.03. The highest BCUT2D eigenvalue weighted by molar-refractivity contribution is 7.21. The standard InChI is InChI=1S/C40H29N3Si/c1-3-12-32(13-4-1)44(33-14-5-2-6-15-33)38-20-9-7-18-36(38)43(37-19-8-10-21-39(37)44)40-34(30-22-26-41-27-23-30)16-11-17-35(40)31-24-28-42-29-25-31/h1-29H. The zero-order chi connectivity index (χ0) is 29.3. The Morgan fingerprint density at radius 1 is 0.386 bits per heavy atom. The highest BCUT2D eigenvalue weighted by Crippen LogP contribution is 2.47. The van der Waals surface area contributed by atoms with Crippen molar-refractivity contribution in [2.24, 2.45) is 0 Å². The second-order valence-corrected chi connectivity index (χ2v) is 14.8. The summed E-state index contributed by atoms with van der Waals surface area (Å²) in [6.07, 6.45) is 7.50. The fourth-order valence-corrected chi connectivity index (χ4v) is 12.1. The van der Waals surface area contributed by atoms with Crippen LogP contribution in [-0.2, 0) is 0 Å². The molecule has 0 saturated carbocycles. The predicted octanol–water partition coefficient (Wildman–Crippen LogP) is 6.97. The van der Waals surface area contributed by atoms with E-state index in [1.807, 2.05) is 24.8 Å². The molecule has 3 nitrogen and oxygen atoms in total. The second-order valence-electron chi connectivity index (χ2n) is 11.0. The number of hydrogen-bond donors (Lipinski definition) is 0. The Bertz CT molecular complexity index is 1920. The molecule has 8 rings (SSSR count). The van der Waals surface area contributed by atoms with E-state index in [1.54, 1.807) is 0 Å². The lowest BCUT2D eigenvalue weighted by Crippen LogP contribution is -2.77. The third-order valence-corrected chi connectivity index (χ3v) is 13.6. The minimum Gasteiger partial charge on any atom is -0.309 e. The Balaban J connectivity index is 1.52. The van der Waals surface area contributed by atoms with E-state index in [1.165, 1.54) is 32.1 Å². The number of para-hydroxylation sites is 3. The minimum atomic E-state index is -2.71. The van der Waals surface area contributed by atoms with Crippen LogP contribution in [0.25, 0.3) is 22.3 Å². The van der Waals surface area contributed by atoms with Crippen molar-refractivity contribution in [1.29, 1.82) is 0 Å². The molecule has 0 saturated heterocycles. The largest absolute Gasteiger partial charge is 0.309 e. The van der Waals surface area contributed by atoms with Gasteiger partial charge in [-0.15, -0.1) is 0 Å². The lowest BCUT2D eigenvalue weighted by atomic mass is 9.95. The van der Waals surface area contributed by atoms with Gasteiger partial charge in [0.2, 0.25) is 0 Å². The van der Waals surface area contributed by atoms with Crippen molar-refractivity contribution in [2.75, 3.05) is 4.90 Å². The molecule has 0 aliphatic carbocycles. The second kappa shape index (κ2) is 10.9. The molecule has 1 aliphatic rings. The zero-order valence-electron chi connectivity index (χ0n) is 24.1. The third-order valence-electron chi connectivity index (χ3n) is 8.75. The van der Waals surface area contributed by atoms with Crippen LogP contribution in [-0.4, -0.2) is 18.0 Å². The van der Waals surface area contributed by atoms with Crippen molar-refractivity contribution >= 4 is 45.9 Å². The van der Waals surface area contributed by atoms with Gasteiger partial charge in [-0.3, -0.25) is 9.97 Å². The molecular formula is C40H29N3Si. The highest BCUT2D eigenvalue weighted by Gasteiger charge is 2.49. The number of pyridine rings is 2. The van der Waals surface area contributed by atoms with E-state index in [2.05, 4.69) is 167 Å². The molecule has 7 aromatic rings. The van der Waals surface area contributed by atoms with Gasteiger partial charge >= 0.3 is 0 Å². The number of hydrogen-bond acceptors (Lipinski definition) is 3. The van der Waals surface area contributed by atoms with Gasteiger partial charge < -0.3 is 4.90 Å². The summed E-state index contributed by atoms with van der Waals surface area (Å²) in [6.45, 7) is 0. The molecule has 0 atom stereocenters. The van der Waals surface area contributed by atoms with E-state index in [-0.39, 0.29) is 0 Å². The predicted molar refractivity (Wildman–Crippen MR) is 185 cm³/mol. The maximum atomic E-state index is 4.34. The van der Waals surface area contributed by atoms with E-state index < -0.39 is 8.07 Å². The molecular weight excluding hydrogens is 551 g/mol. The van der Waals surface area contributed by atoms with Crippen molar-refractivity contribution in [1.82, 2.24) is 9.97 Å². The molecule has 1 aliphatic heterocycles. The Morgan fingerprint density at radius 3 is 1.25 bits per heavy atom. The topological polar surface area (TPSA) is 29.0 Å². The van der Waals surface area contributed by atoms with Gasteiger partial charge in [0.25, 0.3) is 0 Å². The zero-order valence-corrected chi connectivity index (χ0v) is 25.1. The molecule has 0 N–H and O–H groups in total. The summed E-state index contributed by atoms with van der Waals surface area (Å²) in [5, 5.41) is 5.51. The molecule has 4 heteroatoms. The van der Waals surface area contributed by atoms with Crippen LogP contribution in [0.2, 0.25) is 0 Å². The molecule has 208 valence electrons. The van der Waals surface area contributed by atoms with E-state index in [9.17, 15) is 0 Å². The lowest BCUT2D eigenvalue weighted by Gasteiger charge is -2.45. The van der Waals surface area contributed by atoms with E-state index in [4.69, 9.17) is 0 Å². The van der Waals surface area contributed by atoms with Crippen molar-refractivity contribution in [3.63, 3.8) is 0 Å². The number of anilines is 3. The molecule has 44 heavy (non-hydrogen) atoms. The summed E-state index contributed by atoms with van der Waals surface area (Å²) in [4.78, 5) is 11.2. The van der Waals surface area contributed by atoms with Crippen molar-refractivity contribution in [3.05, 3.63) is 176 Å². The fraction of sp³-hybridized carbons (Fsp3) is 0. The van der Waals surface area contributed by atoms with Gasteiger partial charge in [-0.1, -0.05) is 115 Å². The van der Waals surface area contributed by atoms with Crippen molar-refractivity contribution < 1.29 is 0 Å². The molecule has 3 heterocycles. The lowest BCUT2D eigenvalue weighted by molar-refractivity contribution is 1.28. The maximum absolute atomic E-state index is 4.34. The first kappa shape index (κ1) is 26.1. The maximum Gasteiger partial charge on any atom is 0.184 e. The van der Waals surface area contributed by atoms with Gasteiger partial charge in [-0.05, 0) is 68.3 Å². The quantitative estimate of drug-likeness (QED) is 0.206. The van der Waals surface area contributed by atoms with Gasteiger partial charge in [-0.25, -0.2) is 0 Å². The van der Waals surface area contributed by atoms with Crippen LogP contribution in [0.1, 0.15) is 0 Å². The number of rotatable bonds is 5. The van der Waals surface area contributed by atoms with Gasteiger partial charge in [0.15, 0.2) is 8.07 Å². The Morgan fingerprint density at radius 2 is 0.795 bits per heavy atom. The molecule has 0 bridgehead atoms. The van der Waals surface area contributed by atoms with Crippen molar-refractivity contribution in [2.45, 2.75) is 0 Å². The smallest absolute Gasteiger partial charge is 0.184 e. The summed E-state index contributed by atoms with van der Waals surface area (Å²) in [6, 6.07) is 55.4. The van der Waals surface area contributed by atoms with E-state index in [0.717, 1.165) is 27.9 Å². The average Bonchev–Trinajstić information content (AvgIpc) is 3.12. The van der Waals surface area contributed by atoms with Gasteiger partial charge in [0, 0.05) is 47.3 Å². The van der Waals surface area contributed by atoms with Crippen LogP contribution in [0.5, 0.6) is 0 Å².